The second-order valence-electron chi connectivity index (χ2n) is 4.57. The van der Waals surface area contributed by atoms with Gasteiger partial charge in [0, 0.05) is 19.3 Å². The Morgan fingerprint density at radius 3 is 2.67 bits per heavy atom. The minimum atomic E-state index is 0.180. The summed E-state index contributed by atoms with van der Waals surface area (Å²) >= 11 is 1.58. The number of anilines is 1. The van der Waals surface area contributed by atoms with Gasteiger partial charge in [0.1, 0.15) is 0 Å². The van der Waals surface area contributed by atoms with Gasteiger partial charge in [-0.3, -0.25) is 4.79 Å². The number of aromatic nitrogens is 1. The highest BCUT2D eigenvalue weighted by Crippen LogP contribution is 2.26. The van der Waals surface area contributed by atoms with Gasteiger partial charge in [-0.15, -0.1) is 11.8 Å². The van der Waals surface area contributed by atoms with Crippen molar-refractivity contribution in [3.8, 4) is 0 Å². The van der Waals surface area contributed by atoms with Gasteiger partial charge in [0.2, 0.25) is 0 Å². The van der Waals surface area contributed by atoms with Crippen LogP contribution in [0.2, 0.25) is 0 Å². The van der Waals surface area contributed by atoms with E-state index in [1.807, 2.05) is 12.3 Å². The Bertz CT molecular complexity index is 429. The number of morpholine rings is 1. The van der Waals surface area contributed by atoms with Crippen molar-refractivity contribution in [3.63, 3.8) is 0 Å². The molecule has 2 atom stereocenters. The molecule has 1 aromatic rings. The van der Waals surface area contributed by atoms with Crippen LogP contribution in [0.15, 0.2) is 17.3 Å². The molecule has 1 aliphatic rings. The molecular formula is C13H18N2O2S. The van der Waals surface area contributed by atoms with E-state index in [9.17, 15) is 4.79 Å². The summed E-state index contributed by atoms with van der Waals surface area (Å²) in [5.41, 5.74) is 1.61. The summed E-state index contributed by atoms with van der Waals surface area (Å²) in [6, 6.07) is 1.99. The van der Waals surface area contributed by atoms with E-state index >= 15 is 0 Å². The lowest BCUT2D eigenvalue weighted by Gasteiger charge is -2.37. The summed E-state index contributed by atoms with van der Waals surface area (Å²) in [6.45, 7) is 5.73. The topological polar surface area (TPSA) is 42.4 Å². The molecule has 0 N–H and O–H groups in total. The second kappa shape index (κ2) is 5.71. The number of thioether (sulfide) groups is 1. The van der Waals surface area contributed by atoms with E-state index in [0.29, 0.717) is 5.56 Å². The molecule has 5 heteroatoms. The molecular weight excluding hydrogens is 248 g/mol. The van der Waals surface area contributed by atoms with Crippen LogP contribution >= 0.6 is 11.8 Å². The summed E-state index contributed by atoms with van der Waals surface area (Å²) in [5, 5.41) is 0.933. The summed E-state index contributed by atoms with van der Waals surface area (Å²) < 4.78 is 5.72. The largest absolute Gasteiger partial charge is 0.372 e. The molecule has 0 saturated carbocycles. The monoisotopic (exact) mass is 266 g/mol. The van der Waals surface area contributed by atoms with Gasteiger partial charge in [-0.05, 0) is 26.2 Å². The maximum absolute atomic E-state index is 11.1. The summed E-state index contributed by atoms with van der Waals surface area (Å²) in [5.74, 6) is 0. The number of nitrogens with zero attached hydrogens (tertiary/aromatic N) is 2. The second-order valence-corrected chi connectivity index (χ2v) is 5.39. The van der Waals surface area contributed by atoms with Gasteiger partial charge in [-0.2, -0.15) is 0 Å². The van der Waals surface area contributed by atoms with E-state index in [-0.39, 0.29) is 12.2 Å². The molecule has 0 unspecified atom stereocenters. The Balaban J connectivity index is 2.32. The number of carbonyl (C=O) groups excluding carboxylic acids is 1. The fraction of sp³-hybridized carbons (Fsp3) is 0.538. The molecule has 98 valence electrons. The fourth-order valence-electron chi connectivity index (χ4n) is 2.29. The number of ether oxygens (including phenoxy) is 1. The molecule has 0 amide bonds. The van der Waals surface area contributed by atoms with E-state index in [2.05, 4.69) is 23.7 Å². The fourth-order valence-corrected chi connectivity index (χ4v) is 2.68. The quantitative estimate of drug-likeness (QED) is 0.620. The molecule has 1 aromatic heterocycles. The number of hydrogen-bond acceptors (Lipinski definition) is 5. The molecule has 2 heterocycles. The number of aldehydes is 1. The van der Waals surface area contributed by atoms with Crippen LogP contribution in [0.25, 0.3) is 0 Å². The third-order valence-electron chi connectivity index (χ3n) is 2.98. The summed E-state index contributed by atoms with van der Waals surface area (Å²) in [6.07, 6.45) is 4.87. The minimum absolute atomic E-state index is 0.180. The van der Waals surface area contributed by atoms with Crippen LogP contribution in [-0.2, 0) is 4.74 Å². The Morgan fingerprint density at radius 1 is 1.44 bits per heavy atom. The smallest absolute Gasteiger partial charge is 0.153 e. The molecule has 0 radical (unpaired) electrons. The van der Waals surface area contributed by atoms with Crippen LogP contribution < -0.4 is 4.90 Å². The van der Waals surface area contributed by atoms with Crippen molar-refractivity contribution in [2.45, 2.75) is 31.1 Å². The van der Waals surface area contributed by atoms with Crippen LogP contribution in [0.1, 0.15) is 24.2 Å². The van der Waals surface area contributed by atoms with Crippen molar-refractivity contribution in [3.05, 3.63) is 17.8 Å². The maximum atomic E-state index is 11.1. The molecule has 18 heavy (non-hydrogen) atoms. The Hall–Kier alpha value is -1.07. The molecule has 0 bridgehead atoms. The third-order valence-corrected chi connectivity index (χ3v) is 3.62. The van der Waals surface area contributed by atoms with Crippen LogP contribution in [0, 0.1) is 0 Å². The van der Waals surface area contributed by atoms with Crippen molar-refractivity contribution < 1.29 is 9.53 Å². The van der Waals surface area contributed by atoms with Gasteiger partial charge in [0.25, 0.3) is 0 Å². The van der Waals surface area contributed by atoms with Gasteiger partial charge in [0.15, 0.2) is 6.29 Å². The van der Waals surface area contributed by atoms with Crippen molar-refractivity contribution in [1.82, 2.24) is 4.98 Å². The first-order valence-electron chi connectivity index (χ1n) is 6.03. The van der Waals surface area contributed by atoms with Crippen molar-refractivity contribution in [2.75, 3.05) is 24.2 Å². The average Bonchev–Trinajstić information content (AvgIpc) is 2.36. The number of pyridine rings is 1. The molecule has 0 aromatic carbocycles. The van der Waals surface area contributed by atoms with Gasteiger partial charge in [-0.1, -0.05) is 0 Å². The van der Waals surface area contributed by atoms with Crippen LogP contribution in [0.5, 0.6) is 0 Å². The van der Waals surface area contributed by atoms with E-state index in [1.165, 1.54) is 0 Å². The molecule has 4 nitrogen and oxygen atoms in total. The van der Waals surface area contributed by atoms with Crippen molar-refractivity contribution in [1.29, 1.82) is 0 Å². The lowest BCUT2D eigenvalue weighted by Crippen LogP contribution is -2.45. The van der Waals surface area contributed by atoms with Crippen molar-refractivity contribution in [2.24, 2.45) is 0 Å². The highest BCUT2D eigenvalue weighted by atomic mass is 32.2. The lowest BCUT2D eigenvalue weighted by atomic mass is 10.1. The standard InChI is InChI=1S/C13H18N2O2S/c1-9-6-15(7-10(2)17-9)12-4-13(18-3)14-5-11(12)8-16/h4-5,8-10H,6-7H2,1-3H3/t9-,10+. The van der Waals surface area contributed by atoms with Crippen molar-refractivity contribution >= 4 is 23.7 Å². The SMILES string of the molecule is CSc1cc(N2C[C@@H](C)O[C@@H](C)C2)c(C=O)cn1. The number of rotatable bonds is 3. The van der Waals surface area contributed by atoms with E-state index in [1.54, 1.807) is 18.0 Å². The van der Waals surface area contributed by atoms with Gasteiger partial charge in [-0.25, -0.2) is 4.98 Å². The van der Waals surface area contributed by atoms with E-state index < -0.39 is 0 Å². The molecule has 1 aliphatic heterocycles. The normalized spacial score (nSPS) is 24.1. The first-order valence-corrected chi connectivity index (χ1v) is 7.26. The molecule has 0 aliphatic carbocycles. The first kappa shape index (κ1) is 13.4. The third kappa shape index (κ3) is 2.84. The maximum Gasteiger partial charge on any atom is 0.153 e. The highest BCUT2D eigenvalue weighted by Gasteiger charge is 2.24. The van der Waals surface area contributed by atoms with E-state index in [0.717, 1.165) is 30.1 Å². The Labute approximate surface area is 112 Å². The number of carbonyl (C=O) groups is 1. The zero-order valence-electron chi connectivity index (χ0n) is 10.9. The predicted molar refractivity (Wildman–Crippen MR) is 73.6 cm³/mol. The zero-order chi connectivity index (χ0) is 13.1. The number of hydrogen-bond donors (Lipinski definition) is 0. The van der Waals surface area contributed by atoms with Crippen LogP contribution in [0.4, 0.5) is 5.69 Å². The Kier molecular flexibility index (Phi) is 4.24. The van der Waals surface area contributed by atoms with Crippen LogP contribution in [-0.4, -0.2) is 42.8 Å². The summed E-state index contributed by atoms with van der Waals surface area (Å²) in [4.78, 5) is 17.6. The summed E-state index contributed by atoms with van der Waals surface area (Å²) in [7, 11) is 0. The zero-order valence-corrected chi connectivity index (χ0v) is 11.7. The first-order chi connectivity index (χ1) is 8.63. The van der Waals surface area contributed by atoms with Gasteiger partial charge < -0.3 is 9.64 Å². The minimum Gasteiger partial charge on any atom is -0.372 e. The molecule has 1 saturated heterocycles. The van der Waals surface area contributed by atoms with Crippen LogP contribution in [0.3, 0.4) is 0 Å². The predicted octanol–water partition coefficient (Wildman–Crippen LogP) is 2.23. The highest BCUT2D eigenvalue weighted by molar-refractivity contribution is 7.98. The van der Waals surface area contributed by atoms with Gasteiger partial charge in [0.05, 0.1) is 28.5 Å². The molecule has 2 rings (SSSR count). The Morgan fingerprint density at radius 2 is 2.11 bits per heavy atom. The average molecular weight is 266 g/mol. The molecule has 0 spiro atoms. The lowest BCUT2D eigenvalue weighted by molar-refractivity contribution is -0.00527. The van der Waals surface area contributed by atoms with Gasteiger partial charge >= 0.3 is 0 Å². The van der Waals surface area contributed by atoms with E-state index in [4.69, 9.17) is 4.74 Å². The molecule has 1 fully saturated rings.